The van der Waals surface area contributed by atoms with Gasteiger partial charge in [-0.1, -0.05) is 30.3 Å². The molecule has 1 aromatic rings. The van der Waals surface area contributed by atoms with Crippen LogP contribution in [0.2, 0.25) is 0 Å². The van der Waals surface area contributed by atoms with E-state index >= 15 is 0 Å². The van der Waals surface area contributed by atoms with Crippen molar-refractivity contribution in [2.75, 3.05) is 20.1 Å². The molecule has 0 spiro atoms. The summed E-state index contributed by atoms with van der Waals surface area (Å²) in [7, 11) is -1.19. The highest BCUT2D eigenvalue weighted by atomic mass is 35.5. The molecule has 0 aliphatic heterocycles. The highest BCUT2D eigenvalue weighted by molar-refractivity contribution is 7.54. The van der Waals surface area contributed by atoms with E-state index in [1.165, 1.54) is 14.2 Å². The van der Waals surface area contributed by atoms with E-state index in [1.807, 2.05) is 0 Å². The van der Waals surface area contributed by atoms with Crippen LogP contribution >= 0.6 is 19.2 Å². The van der Waals surface area contributed by atoms with Crippen molar-refractivity contribution < 1.29 is 18.7 Å². The highest BCUT2D eigenvalue weighted by Gasteiger charge is 2.49. The molecule has 0 fully saturated rings. The van der Waals surface area contributed by atoms with Crippen molar-refractivity contribution in [2.45, 2.75) is 11.8 Å². The molecule has 0 bridgehead atoms. The van der Waals surface area contributed by atoms with Gasteiger partial charge in [0.1, 0.15) is 0 Å². The summed E-state index contributed by atoms with van der Waals surface area (Å²) in [4.78, 5) is 0. The predicted molar refractivity (Wildman–Crippen MR) is 67.3 cm³/mol. The van der Waals surface area contributed by atoms with Crippen molar-refractivity contribution >= 4 is 19.2 Å². The zero-order valence-electron chi connectivity index (χ0n) is 9.80. The second-order valence-electron chi connectivity index (χ2n) is 3.48. The van der Waals surface area contributed by atoms with Crippen LogP contribution < -0.4 is 0 Å². The van der Waals surface area contributed by atoms with Crippen LogP contribution in [-0.4, -0.2) is 25.2 Å². The molecule has 6 heteroatoms. The van der Waals surface area contributed by atoms with Gasteiger partial charge in [0.2, 0.25) is 0 Å². The average Bonchev–Trinajstić information content (AvgIpc) is 2.38. The number of alkyl halides is 1. The molecule has 1 N–H and O–H groups in total. The Kier molecular flexibility index (Phi) is 5.17. The normalized spacial score (nSPS) is 15.5. The lowest BCUT2D eigenvalue weighted by Gasteiger charge is -2.33. The molecular formula is C11H16ClO4P. The molecular weight excluding hydrogens is 263 g/mol. The Hall–Kier alpha value is -0.380. The molecule has 0 saturated carbocycles. The number of aliphatic hydroxyl groups is 1. The maximum atomic E-state index is 12.4. The monoisotopic (exact) mass is 278 g/mol. The lowest BCUT2D eigenvalue weighted by Crippen LogP contribution is -2.28. The molecule has 96 valence electrons. The third-order valence-corrected chi connectivity index (χ3v) is 5.15. The van der Waals surface area contributed by atoms with E-state index < -0.39 is 12.9 Å². The van der Waals surface area contributed by atoms with Crippen LogP contribution in [0.4, 0.5) is 0 Å². The standard InChI is InChI=1S/C11H16ClO4P/c1-15-17(14,16-2)11(13,8-9-12)10-6-4-3-5-7-10/h3-7,13H,8-9H2,1-2H3. The van der Waals surface area contributed by atoms with Crippen molar-refractivity contribution in [3.63, 3.8) is 0 Å². The van der Waals surface area contributed by atoms with Crippen LogP contribution in [0.5, 0.6) is 0 Å². The summed E-state index contributed by atoms with van der Waals surface area (Å²) in [5.74, 6) is 0.141. The average molecular weight is 279 g/mol. The molecule has 0 aliphatic carbocycles. The van der Waals surface area contributed by atoms with E-state index in [0.29, 0.717) is 5.56 Å². The summed E-state index contributed by atoms with van der Waals surface area (Å²) in [5, 5.41) is 8.88. The summed E-state index contributed by atoms with van der Waals surface area (Å²) in [6, 6.07) is 8.61. The first kappa shape index (κ1) is 14.7. The van der Waals surface area contributed by atoms with Gasteiger partial charge in [-0.3, -0.25) is 4.57 Å². The molecule has 1 unspecified atom stereocenters. The molecule has 0 radical (unpaired) electrons. The molecule has 1 aromatic carbocycles. The van der Waals surface area contributed by atoms with Gasteiger partial charge in [-0.15, -0.1) is 11.6 Å². The molecule has 1 atom stereocenters. The number of rotatable bonds is 6. The van der Waals surface area contributed by atoms with Crippen LogP contribution in [0.1, 0.15) is 12.0 Å². The Bertz CT molecular complexity index is 390. The first-order valence-corrected chi connectivity index (χ1v) is 7.17. The number of hydrogen-bond donors (Lipinski definition) is 1. The third kappa shape index (κ3) is 2.72. The zero-order valence-corrected chi connectivity index (χ0v) is 11.4. The molecule has 17 heavy (non-hydrogen) atoms. The van der Waals surface area contributed by atoms with Crippen LogP contribution in [-0.2, 0) is 19.0 Å². The molecule has 0 aliphatic rings. The van der Waals surface area contributed by atoms with Crippen molar-refractivity contribution in [3.8, 4) is 0 Å². The summed E-state index contributed by atoms with van der Waals surface area (Å²) in [5.41, 5.74) is 0.465. The Morgan fingerprint density at radius 2 is 1.82 bits per heavy atom. The van der Waals surface area contributed by atoms with Crippen molar-refractivity contribution in [2.24, 2.45) is 0 Å². The van der Waals surface area contributed by atoms with Gasteiger partial charge in [-0.25, -0.2) is 0 Å². The van der Waals surface area contributed by atoms with Gasteiger partial charge in [0.05, 0.1) is 0 Å². The Balaban J connectivity index is 3.27. The number of halogens is 1. The largest absolute Gasteiger partial charge is 0.373 e. The fourth-order valence-corrected chi connectivity index (χ4v) is 3.66. The van der Waals surface area contributed by atoms with Gasteiger partial charge in [0.25, 0.3) is 0 Å². The van der Waals surface area contributed by atoms with Gasteiger partial charge in [0, 0.05) is 26.5 Å². The van der Waals surface area contributed by atoms with E-state index in [4.69, 9.17) is 20.6 Å². The van der Waals surface area contributed by atoms with Crippen molar-refractivity contribution in [1.29, 1.82) is 0 Å². The minimum Gasteiger partial charge on any atom is -0.373 e. The topological polar surface area (TPSA) is 55.8 Å². The zero-order chi connectivity index (χ0) is 12.9. The Labute approximate surface area is 106 Å². The van der Waals surface area contributed by atoms with Gasteiger partial charge in [-0.2, -0.15) is 0 Å². The van der Waals surface area contributed by atoms with Crippen LogP contribution in [0, 0.1) is 0 Å². The van der Waals surface area contributed by atoms with Crippen LogP contribution in [0.15, 0.2) is 30.3 Å². The van der Waals surface area contributed by atoms with E-state index in [0.717, 1.165) is 0 Å². The molecule has 4 nitrogen and oxygen atoms in total. The minimum absolute atomic E-state index is 0.0809. The minimum atomic E-state index is -3.67. The fraction of sp³-hybridized carbons (Fsp3) is 0.455. The Morgan fingerprint density at radius 3 is 2.24 bits per heavy atom. The van der Waals surface area contributed by atoms with Crippen LogP contribution in [0.25, 0.3) is 0 Å². The molecule has 0 heterocycles. The summed E-state index contributed by atoms with van der Waals surface area (Å²) >= 11 is 5.66. The smallest absolute Gasteiger partial charge is 0.366 e. The maximum Gasteiger partial charge on any atom is 0.366 e. The highest BCUT2D eigenvalue weighted by Crippen LogP contribution is 2.64. The van der Waals surface area contributed by atoms with Crippen LogP contribution in [0.3, 0.4) is 0 Å². The third-order valence-electron chi connectivity index (χ3n) is 2.61. The fourth-order valence-electron chi connectivity index (χ4n) is 1.65. The first-order valence-electron chi connectivity index (χ1n) is 5.09. The van der Waals surface area contributed by atoms with E-state index in [9.17, 15) is 9.67 Å². The first-order chi connectivity index (χ1) is 8.04. The molecule has 0 saturated heterocycles. The van der Waals surface area contributed by atoms with Crippen molar-refractivity contribution in [1.82, 2.24) is 0 Å². The molecule has 1 rings (SSSR count). The van der Waals surface area contributed by atoms with Gasteiger partial charge < -0.3 is 14.2 Å². The van der Waals surface area contributed by atoms with Gasteiger partial charge in [0.15, 0.2) is 5.34 Å². The van der Waals surface area contributed by atoms with E-state index in [1.54, 1.807) is 30.3 Å². The number of hydrogen-bond acceptors (Lipinski definition) is 4. The lowest BCUT2D eigenvalue weighted by atomic mass is 10.1. The van der Waals surface area contributed by atoms with Gasteiger partial charge >= 0.3 is 7.60 Å². The molecule has 0 amide bonds. The lowest BCUT2D eigenvalue weighted by molar-refractivity contribution is 0.0738. The second-order valence-corrected chi connectivity index (χ2v) is 6.33. The maximum absolute atomic E-state index is 12.4. The number of benzene rings is 1. The SMILES string of the molecule is COP(=O)(OC)C(O)(CCCl)c1ccccc1. The summed E-state index contributed by atoms with van der Waals surface area (Å²) < 4.78 is 22.2. The van der Waals surface area contributed by atoms with E-state index in [-0.39, 0.29) is 12.3 Å². The Morgan fingerprint density at radius 1 is 1.29 bits per heavy atom. The van der Waals surface area contributed by atoms with Crippen molar-refractivity contribution in [3.05, 3.63) is 35.9 Å². The summed E-state index contributed by atoms with van der Waals surface area (Å²) in [6.45, 7) is 0. The predicted octanol–water partition coefficient (Wildman–Crippen LogP) is 2.95. The van der Waals surface area contributed by atoms with Gasteiger partial charge in [-0.05, 0) is 5.56 Å². The van der Waals surface area contributed by atoms with E-state index in [2.05, 4.69) is 0 Å². The quantitative estimate of drug-likeness (QED) is 0.642. The molecule has 0 aromatic heterocycles. The second kappa shape index (κ2) is 5.98. The summed E-state index contributed by atoms with van der Waals surface area (Å²) in [6.07, 6.45) is 0.0809.